The van der Waals surface area contributed by atoms with Gasteiger partial charge in [0.2, 0.25) is 6.79 Å². The summed E-state index contributed by atoms with van der Waals surface area (Å²) in [5.74, 6) is -0.323. The van der Waals surface area contributed by atoms with Crippen LogP contribution in [0, 0.1) is 0 Å². The molecule has 2 aromatic carbocycles. The first-order chi connectivity index (χ1) is 25.9. The lowest BCUT2D eigenvalue weighted by molar-refractivity contribution is -0.152. The van der Waals surface area contributed by atoms with Crippen molar-refractivity contribution < 1.29 is 57.0 Å². The number of esters is 1. The minimum absolute atomic E-state index is 0.0326. The highest BCUT2D eigenvalue weighted by molar-refractivity contribution is 7.46. The zero-order valence-electron chi connectivity index (χ0n) is 28.5. The zero-order chi connectivity index (χ0) is 38.0. The largest absolute Gasteiger partial charge is 0.524 e. The first-order valence-electron chi connectivity index (χ1n) is 16.9. The average molecular weight is 764 g/mol. The van der Waals surface area contributed by atoms with Crippen LogP contribution in [0.2, 0.25) is 0 Å². The van der Waals surface area contributed by atoms with E-state index in [1.807, 2.05) is 18.2 Å². The molecule has 0 bridgehead atoms. The molecule has 282 valence electrons. The van der Waals surface area contributed by atoms with Crippen LogP contribution in [0.15, 0.2) is 71.5 Å². The molecule has 3 N–H and O–H groups in total. The van der Waals surface area contributed by atoms with E-state index < -0.39 is 44.9 Å². The molecule has 1 saturated heterocycles. The van der Waals surface area contributed by atoms with Crippen molar-refractivity contribution in [2.75, 3.05) is 36.7 Å². The first-order valence-corrected chi connectivity index (χ1v) is 18.4. The van der Waals surface area contributed by atoms with Crippen molar-refractivity contribution in [1.82, 2.24) is 14.5 Å². The molecule has 3 aliphatic heterocycles. The molecule has 0 saturated carbocycles. The minimum atomic E-state index is -4.82. The van der Waals surface area contributed by atoms with Gasteiger partial charge in [-0.3, -0.25) is 34.0 Å². The Morgan fingerprint density at radius 2 is 1.83 bits per heavy atom. The molecule has 0 radical (unpaired) electrons. The number of anilines is 2. The molecule has 3 amide bonds. The standard InChI is InChI=1S/C35H34N5O13P/c41-29-19-49-27-12-13-28(36-33(27)37-29)39-17-23(52-35(39)45)7-4-16-38(25-18-40-30(42)14-10-22-6-3-8-24(25)32(22)40)34(44)51-20-50-31(43)15-11-21-5-1-2-9-26(21)53-54(46,47)48/h1-3,5-6,8-10,12-14,23,25H,4,7,11,15-20H2,(H,36,37,41)(H2,46,47,48)/t23-,25+/m0/s1. The van der Waals surface area contributed by atoms with E-state index in [0.717, 1.165) is 10.9 Å². The molecule has 4 aromatic rings. The van der Waals surface area contributed by atoms with E-state index in [2.05, 4.69) is 10.3 Å². The number of carbonyl (C=O) groups excluding carboxylic acids is 4. The fourth-order valence-corrected chi connectivity index (χ4v) is 7.10. The highest BCUT2D eigenvalue weighted by Crippen LogP contribution is 2.39. The lowest BCUT2D eigenvalue weighted by Crippen LogP contribution is -2.38. The van der Waals surface area contributed by atoms with Gasteiger partial charge in [-0.05, 0) is 54.5 Å². The summed E-state index contributed by atoms with van der Waals surface area (Å²) in [6.45, 7) is -0.390. The monoisotopic (exact) mass is 763 g/mol. The number of fused-ring (bicyclic) bond motifs is 1. The highest BCUT2D eigenvalue weighted by atomic mass is 31.2. The van der Waals surface area contributed by atoms with Gasteiger partial charge in [0.1, 0.15) is 17.7 Å². The molecule has 5 heterocycles. The van der Waals surface area contributed by atoms with Crippen LogP contribution in [0.3, 0.4) is 0 Å². The summed E-state index contributed by atoms with van der Waals surface area (Å²) in [5, 5.41) is 3.44. The SMILES string of the molecule is O=C1COc2ccc(N3C[C@H](CCCN(C(=O)OCOC(=O)CCc4ccccc4OP(=O)(O)O)[C@@H]4Cn5c(=O)ccc6cccc4c65)OC3=O)nc2N1. The van der Waals surface area contributed by atoms with Gasteiger partial charge in [-0.15, -0.1) is 0 Å². The van der Waals surface area contributed by atoms with Crippen LogP contribution in [0.25, 0.3) is 10.9 Å². The lowest BCUT2D eigenvalue weighted by Gasteiger charge is -2.29. The van der Waals surface area contributed by atoms with Crippen LogP contribution < -0.4 is 25.0 Å². The maximum Gasteiger partial charge on any atom is 0.524 e. The van der Waals surface area contributed by atoms with E-state index in [-0.39, 0.29) is 67.9 Å². The molecule has 0 spiro atoms. The van der Waals surface area contributed by atoms with Crippen molar-refractivity contribution in [1.29, 1.82) is 0 Å². The van der Waals surface area contributed by atoms with Crippen LogP contribution in [-0.2, 0) is 41.3 Å². The maximum atomic E-state index is 13.7. The number of benzene rings is 2. The van der Waals surface area contributed by atoms with Gasteiger partial charge in [-0.1, -0.05) is 36.4 Å². The molecule has 2 atom stereocenters. The Hall–Kier alpha value is -5.97. The van der Waals surface area contributed by atoms with E-state index in [0.29, 0.717) is 29.7 Å². The van der Waals surface area contributed by atoms with Crippen LogP contribution in [0.1, 0.15) is 36.4 Å². The van der Waals surface area contributed by atoms with Crippen LogP contribution in [0.5, 0.6) is 11.5 Å². The lowest BCUT2D eigenvalue weighted by atomic mass is 10.0. The number of aromatic nitrogens is 2. The van der Waals surface area contributed by atoms with Gasteiger partial charge < -0.3 is 33.4 Å². The van der Waals surface area contributed by atoms with Gasteiger partial charge in [0.15, 0.2) is 18.2 Å². The van der Waals surface area contributed by atoms with Gasteiger partial charge in [0.05, 0.1) is 24.6 Å². The predicted octanol–water partition coefficient (Wildman–Crippen LogP) is 3.63. The van der Waals surface area contributed by atoms with E-state index in [9.17, 15) is 38.3 Å². The van der Waals surface area contributed by atoms with Crippen molar-refractivity contribution in [3.63, 3.8) is 0 Å². The molecule has 7 rings (SSSR count). The zero-order valence-corrected chi connectivity index (χ0v) is 29.4. The summed E-state index contributed by atoms with van der Waals surface area (Å²) >= 11 is 0. The number of ether oxygens (including phenoxy) is 4. The fraction of sp³-hybridized carbons (Fsp3) is 0.314. The predicted molar refractivity (Wildman–Crippen MR) is 188 cm³/mol. The molecule has 2 aromatic heterocycles. The number of phosphoric acid groups is 1. The third kappa shape index (κ3) is 8.00. The quantitative estimate of drug-likeness (QED) is 0.100. The van der Waals surface area contributed by atoms with Gasteiger partial charge in [0, 0.05) is 24.6 Å². The third-order valence-electron chi connectivity index (χ3n) is 9.09. The van der Waals surface area contributed by atoms with Gasteiger partial charge in [-0.25, -0.2) is 19.1 Å². The smallest absolute Gasteiger partial charge is 0.480 e. The summed E-state index contributed by atoms with van der Waals surface area (Å²) in [5.41, 5.74) is 1.57. The number of carbonyl (C=O) groups is 4. The number of para-hydroxylation sites is 2. The Kier molecular flexibility index (Phi) is 10.2. The van der Waals surface area contributed by atoms with Crippen molar-refractivity contribution in [2.45, 2.75) is 44.4 Å². The van der Waals surface area contributed by atoms with Crippen LogP contribution >= 0.6 is 7.82 Å². The second-order valence-electron chi connectivity index (χ2n) is 12.6. The Bertz CT molecular complexity index is 2240. The summed E-state index contributed by atoms with van der Waals surface area (Å²) < 4.78 is 39.1. The Balaban J connectivity index is 0.989. The molecule has 18 nitrogen and oxygen atoms in total. The highest BCUT2D eigenvalue weighted by Gasteiger charge is 2.36. The number of nitrogens with one attached hydrogen (secondary N) is 1. The molecule has 0 unspecified atom stereocenters. The van der Waals surface area contributed by atoms with Gasteiger partial charge in [0.25, 0.3) is 11.5 Å². The number of phosphoric ester groups is 1. The number of cyclic esters (lactones) is 1. The number of hydrogen-bond acceptors (Lipinski definition) is 12. The molecular formula is C35H34N5O13P. The summed E-state index contributed by atoms with van der Waals surface area (Å²) in [7, 11) is -4.82. The number of aryl methyl sites for hydroxylation is 1. The van der Waals surface area contributed by atoms with Crippen LogP contribution in [0.4, 0.5) is 21.2 Å². The van der Waals surface area contributed by atoms with Crippen molar-refractivity contribution in [2.24, 2.45) is 0 Å². The second-order valence-corrected chi connectivity index (χ2v) is 13.8. The number of nitrogens with zero attached hydrogens (tertiary/aromatic N) is 4. The molecule has 0 aliphatic carbocycles. The Morgan fingerprint density at radius 3 is 2.67 bits per heavy atom. The fourth-order valence-electron chi connectivity index (χ4n) is 6.67. The molecule has 1 fully saturated rings. The summed E-state index contributed by atoms with van der Waals surface area (Å²) in [6, 6.07) is 17.4. The number of pyridine rings is 2. The third-order valence-corrected chi connectivity index (χ3v) is 9.53. The van der Waals surface area contributed by atoms with E-state index in [1.54, 1.807) is 34.9 Å². The van der Waals surface area contributed by atoms with E-state index >= 15 is 0 Å². The topological polar surface area (TPSA) is 225 Å². The minimum Gasteiger partial charge on any atom is -0.480 e. The number of rotatable bonds is 13. The second kappa shape index (κ2) is 15.2. The Labute approximate surface area is 306 Å². The maximum absolute atomic E-state index is 13.7. The average Bonchev–Trinajstić information content (AvgIpc) is 3.71. The normalized spacial score (nSPS) is 17.3. The number of hydrogen-bond donors (Lipinski definition) is 3. The molecular weight excluding hydrogens is 729 g/mol. The first kappa shape index (κ1) is 36.4. The van der Waals surface area contributed by atoms with E-state index in [1.165, 1.54) is 28.0 Å². The molecule has 3 aliphatic rings. The van der Waals surface area contributed by atoms with Crippen molar-refractivity contribution in [3.05, 3.63) is 88.2 Å². The van der Waals surface area contributed by atoms with Gasteiger partial charge >= 0.3 is 26.0 Å². The van der Waals surface area contributed by atoms with Crippen molar-refractivity contribution in [3.8, 4) is 11.5 Å². The summed E-state index contributed by atoms with van der Waals surface area (Å²) in [4.78, 5) is 89.1. The molecule has 19 heteroatoms. The Morgan fingerprint density at radius 1 is 1.00 bits per heavy atom. The van der Waals surface area contributed by atoms with Crippen LogP contribution in [-0.4, -0.2) is 80.9 Å². The van der Waals surface area contributed by atoms with E-state index in [4.69, 9.17) is 23.5 Å². The van der Waals surface area contributed by atoms with Crippen molar-refractivity contribution >= 4 is 54.4 Å². The number of amides is 3. The molecule has 54 heavy (non-hydrogen) atoms. The van der Waals surface area contributed by atoms with Gasteiger partial charge in [-0.2, -0.15) is 0 Å². The summed E-state index contributed by atoms with van der Waals surface area (Å²) in [6.07, 6.45) is -1.44.